The Balaban J connectivity index is 2.18. The van der Waals surface area contributed by atoms with Crippen LogP contribution in [-0.4, -0.2) is 16.9 Å². The van der Waals surface area contributed by atoms with Crippen LogP contribution in [0, 0.1) is 0 Å². The lowest BCUT2D eigenvalue weighted by atomic mass is 10.3. The fourth-order valence-electron chi connectivity index (χ4n) is 1.91. The highest BCUT2D eigenvalue weighted by molar-refractivity contribution is 8.55. The highest BCUT2D eigenvalue weighted by Gasteiger charge is 2.27. The zero-order chi connectivity index (χ0) is 17.4. The summed E-state index contributed by atoms with van der Waals surface area (Å²) in [4.78, 5) is 1.31. The molecule has 0 spiro atoms. The lowest BCUT2D eigenvalue weighted by Gasteiger charge is -2.18. The molecule has 7 heteroatoms. The van der Waals surface area contributed by atoms with E-state index in [1.54, 1.807) is 31.2 Å². The van der Waals surface area contributed by atoms with E-state index in [2.05, 4.69) is 0 Å². The first-order valence-corrected chi connectivity index (χ1v) is 12.0. The molecule has 4 nitrogen and oxygen atoms in total. The number of rotatable bonds is 9. The third kappa shape index (κ3) is 5.57. The van der Waals surface area contributed by atoms with Gasteiger partial charge < -0.3 is 9.08 Å². The van der Waals surface area contributed by atoms with Gasteiger partial charge in [0.2, 0.25) is 0 Å². The van der Waals surface area contributed by atoms with Crippen LogP contribution >= 0.6 is 18.2 Å². The van der Waals surface area contributed by atoms with Gasteiger partial charge in [0.1, 0.15) is 5.75 Å². The summed E-state index contributed by atoms with van der Waals surface area (Å²) in [5.41, 5.74) is 0. The summed E-state index contributed by atoms with van der Waals surface area (Å²) in [5, 5.41) is 0. The van der Waals surface area contributed by atoms with Crippen LogP contribution in [-0.2, 0) is 20.3 Å². The van der Waals surface area contributed by atoms with E-state index < -0.39 is 18.0 Å². The van der Waals surface area contributed by atoms with Crippen molar-refractivity contribution in [2.24, 2.45) is 0 Å². The molecule has 0 amide bonds. The standard InChI is InChI=1S/C17H21O4PS2/c1-3-13-23-22(18,20-4-2)21-15-9-8-12-17(14-15)24(19)16-10-6-5-7-11-16/h5-12,14H,3-4,13H2,1-2H3. The van der Waals surface area contributed by atoms with Crippen LogP contribution in [0.5, 0.6) is 5.75 Å². The van der Waals surface area contributed by atoms with Crippen molar-refractivity contribution in [3.63, 3.8) is 0 Å². The molecular weight excluding hydrogens is 363 g/mol. The first kappa shape index (κ1) is 19.4. The summed E-state index contributed by atoms with van der Waals surface area (Å²) in [6.45, 7) is 0.835. The highest BCUT2D eigenvalue weighted by Crippen LogP contribution is 2.60. The summed E-state index contributed by atoms with van der Waals surface area (Å²) in [6.07, 6.45) is 0.878. The van der Waals surface area contributed by atoms with Crippen molar-refractivity contribution in [2.45, 2.75) is 30.1 Å². The van der Waals surface area contributed by atoms with Crippen molar-refractivity contribution in [3.05, 3.63) is 54.6 Å². The molecule has 0 fully saturated rings. The molecule has 0 heterocycles. The van der Waals surface area contributed by atoms with Gasteiger partial charge in [-0.05, 0) is 49.0 Å². The predicted molar refractivity (Wildman–Crippen MR) is 100 cm³/mol. The van der Waals surface area contributed by atoms with Gasteiger partial charge in [-0.2, -0.15) is 0 Å². The summed E-state index contributed by atoms with van der Waals surface area (Å²) in [7, 11) is 0. The number of hydrogen-bond acceptors (Lipinski definition) is 5. The molecule has 0 radical (unpaired) electrons. The Bertz CT molecular complexity index is 681. The Kier molecular flexibility index (Phi) is 7.72. The fourth-order valence-corrected chi connectivity index (χ4v) is 6.46. The Morgan fingerprint density at radius 3 is 2.46 bits per heavy atom. The SMILES string of the molecule is CCCSP(=O)(OCC)Oc1cccc([S+]([O-])c2ccccc2)c1. The van der Waals surface area contributed by atoms with Gasteiger partial charge in [0.05, 0.1) is 6.61 Å². The van der Waals surface area contributed by atoms with E-state index in [1.807, 2.05) is 37.3 Å². The minimum atomic E-state index is -3.26. The van der Waals surface area contributed by atoms with E-state index in [4.69, 9.17) is 9.05 Å². The van der Waals surface area contributed by atoms with Gasteiger partial charge in [-0.15, -0.1) is 0 Å². The molecule has 2 aromatic carbocycles. The molecule has 0 saturated heterocycles. The second kappa shape index (κ2) is 9.54. The van der Waals surface area contributed by atoms with Gasteiger partial charge in [-0.1, -0.05) is 31.2 Å². The van der Waals surface area contributed by atoms with Crippen molar-refractivity contribution < 1.29 is 18.2 Å². The summed E-state index contributed by atoms with van der Waals surface area (Å²) in [6, 6.07) is 16.1. The summed E-state index contributed by atoms with van der Waals surface area (Å²) in [5.74, 6) is 1.09. The molecule has 2 rings (SSSR count). The number of benzene rings is 2. The molecule has 2 unspecified atom stereocenters. The predicted octanol–water partition coefficient (Wildman–Crippen LogP) is 5.52. The lowest BCUT2D eigenvalue weighted by Crippen LogP contribution is -2.02. The Morgan fingerprint density at radius 2 is 1.79 bits per heavy atom. The quantitative estimate of drug-likeness (QED) is 0.421. The van der Waals surface area contributed by atoms with Gasteiger partial charge in [0, 0.05) is 23.0 Å². The maximum Gasteiger partial charge on any atom is 0.440 e. The van der Waals surface area contributed by atoms with Gasteiger partial charge in [0.15, 0.2) is 9.79 Å². The zero-order valence-electron chi connectivity index (χ0n) is 13.7. The molecule has 0 aliphatic heterocycles. The summed E-state index contributed by atoms with van der Waals surface area (Å²) < 4.78 is 36.3. The van der Waals surface area contributed by atoms with Crippen molar-refractivity contribution >= 4 is 29.4 Å². The number of hydrogen-bond donors (Lipinski definition) is 0. The topological polar surface area (TPSA) is 58.6 Å². The third-order valence-electron chi connectivity index (χ3n) is 2.93. The van der Waals surface area contributed by atoms with Crippen LogP contribution in [0.2, 0.25) is 0 Å². The van der Waals surface area contributed by atoms with Crippen molar-refractivity contribution in [1.29, 1.82) is 0 Å². The van der Waals surface area contributed by atoms with E-state index in [1.165, 1.54) is 11.4 Å². The minimum Gasteiger partial charge on any atom is -0.606 e. The largest absolute Gasteiger partial charge is 0.606 e. The average molecular weight is 384 g/mol. The molecule has 0 N–H and O–H groups in total. The fraction of sp³-hybridized carbons (Fsp3) is 0.294. The molecule has 2 atom stereocenters. The molecule has 0 saturated carbocycles. The normalized spacial score (nSPS) is 14.8. The maximum atomic E-state index is 12.7. The smallest absolute Gasteiger partial charge is 0.440 e. The average Bonchev–Trinajstić information content (AvgIpc) is 2.60. The molecule has 0 aliphatic carbocycles. The first-order valence-electron chi connectivity index (χ1n) is 7.73. The first-order chi connectivity index (χ1) is 11.6. The van der Waals surface area contributed by atoms with Gasteiger partial charge in [-0.25, -0.2) is 4.57 Å². The maximum absolute atomic E-state index is 12.7. The van der Waals surface area contributed by atoms with E-state index >= 15 is 0 Å². The lowest BCUT2D eigenvalue weighted by molar-refractivity contribution is 0.296. The van der Waals surface area contributed by atoms with Crippen molar-refractivity contribution in [2.75, 3.05) is 12.4 Å². The Labute approximate surface area is 150 Å². The Morgan fingerprint density at radius 1 is 1.08 bits per heavy atom. The van der Waals surface area contributed by atoms with E-state index in [-0.39, 0.29) is 0 Å². The molecule has 0 aromatic heterocycles. The second-order valence-electron chi connectivity index (χ2n) is 4.85. The van der Waals surface area contributed by atoms with Crippen LogP contribution in [0.25, 0.3) is 0 Å². The molecule has 0 aliphatic rings. The zero-order valence-corrected chi connectivity index (χ0v) is 16.2. The van der Waals surface area contributed by atoms with Gasteiger partial charge in [-0.3, -0.25) is 4.52 Å². The Hall–Kier alpha value is -0.910. The van der Waals surface area contributed by atoms with Crippen molar-refractivity contribution in [3.8, 4) is 5.75 Å². The van der Waals surface area contributed by atoms with E-state index in [9.17, 15) is 9.12 Å². The minimum absolute atomic E-state index is 0.309. The molecule has 130 valence electrons. The van der Waals surface area contributed by atoms with Crippen LogP contribution in [0.4, 0.5) is 0 Å². The van der Waals surface area contributed by atoms with Crippen molar-refractivity contribution in [1.82, 2.24) is 0 Å². The third-order valence-corrected chi connectivity index (χ3v) is 8.27. The molecular formula is C17H21O4PS2. The molecule has 2 aromatic rings. The van der Waals surface area contributed by atoms with E-state index in [0.29, 0.717) is 27.9 Å². The van der Waals surface area contributed by atoms with Gasteiger partial charge in [0.25, 0.3) is 0 Å². The van der Waals surface area contributed by atoms with Crippen LogP contribution < -0.4 is 4.52 Å². The highest BCUT2D eigenvalue weighted by atomic mass is 32.7. The van der Waals surface area contributed by atoms with Crippen LogP contribution in [0.1, 0.15) is 20.3 Å². The van der Waals surface area contributed by atoms with E-state index in [0.717, 1.165) is 6.42 Å². The molecule has 0 bridgehead atoms. The second-order valence-corrected chi connectivity index (χ2v) is 10.4. The summed E-state index contributed by atoms with van der Waals surface area (Å²) >= 11 is -0.123. The monoisotopic (exact) mass is 384 g/mol. The van der Waals surface area contributed by atoms with Gasteiger partial charge >= 0.3 is 6.80 Å². The van der Waals surface area contributed by atoms with Crippen LogP contribution in [0.3, 0.4) is 0 Å². The molecule has 24 heavy (non-hydrogen) atoms. The van der Waals surface area contributed by atoms with Crippen LogP contribution in [0.15, 0.2) is 64.4 Å².